The number of fused-ring (bicyclic) bond motifs is 6. The second kappa shape index (κ2) is 13.1. The molecule has 0 radical (unpaired) electrons. The molecule has 0 saturated carbocycles. The van der Waals surface area contributed by atoms with Gasteiger partial charge in [0.15, 0.2) is 0 Å². The molecule has 3 heterocycles. The van der Waals surface area contributed by atoms with Crippen molar-refractivity contribution in [3.05, 3.63) is 281 Å². The summed E-state index contributed by atoms with van der Waals surface area (Å²) in [5.74, 6) is 0.907. The minimum Gasteiger partial charge on any atom is -0.309 e. The normalized spacial score (nSPS) is 17.2. The zero-order chi connectivity index (χ0) is 42.0. The van der Waals surface area contributed by atoms with Crippen LogP contribution >= 0.6 is 0 Å². The molecule has 12 aromatic rings. The van der Waals surface area contributed by atoms with Crippen molar-refractivity contribution in [1.82, 2.24) is 14.1 Å². The highest BCUT2D eigenvalue weighted by Crippen LogP contribution is 2.66. The topological polar surface area (TPSA) is 22.8 Å². The lowest BCUT2D eigenvalue weighted by Crippen LogP contribution is -2.52. The first-order valence-electron chi connectivity index (χ1n) is 22.2. The summed E-state index contributed by atoms with van der Waals surface area (Å²) < 4.78 is 4.76. The van der Waals surface area contributed by atoms with E-state index in [9.17, 15) is 0 Å². The van der Waals surface area contributed by atoms with Crippen LogP contribution in [0.4, 0.5) is 0 Å². The summed E-state index contributed by atoms with van der Waals surface area (Å²) >= 11 is 0. The van der Waals surface area contributed by atoms with Gasteiger partial charge in [0.2, 0.25) is 0 Å². The molecule has 3 nitrogen and oxygen atoms in total. The van der Waals surface area contributed by atoms with Gasteiger partial charge in [0.25, 0.3) is 0 Å². The van der Waals surface area contributed by atoms with Crippen molar-refractivity contribution in [3.8, 4) is 22.6 Å². The van der Waals surface area contributed by atoms with Crippen LogP contribution in [0.1, 0.15) is 44.6 Å². The number of para-hydroxylation sites is 4. The molecule has 3 aliphatic rings. The minimum atomic E-state index is -0.697. The van der Waals surface area contributed by atoms with E-state index in [0.717, 1.165) is 28.2 Å². The first kappa shape index (κ1) is 35.3. The molecule has 0 spiro atoms. The van der Waals surface area contributed by atoms with Gasteiger partial charge in [-0.25, -0.2) is 4.98 Å². The summed E-state index contributed by atoms with van der Waals surface area (Å²) in [6.45, 7) is 0. The van der Waals surface area contributed by atoms with Crippen molar-refractivity contribution >= 4 is 43.6 Å². The summed E-state index contributed by atoms with van der Waals surface area (Å²) in [5.41, 5.74) is 16.9. The number of rotatable bonds is 5. The quantitative estimate of drug-likeness (QED) is 0.170. The third-order valence-electron chi connectivity index (χ3n) is 14.5. The van der Waals surface area contributed by atoms with Gasteiger partial charge in [0.05, 0.1) is 38.6 Å². The van der Waals surface area contributed by atoms with Crippen molar-refractivity contribution in [2.24, 2.45) is 0 Å². The Balaban J connectivity index is 1.05. The van der Waals surface area contributed by atoms with Crippen LogP contribution in [0.2, 0.25) is 0 Å². The predicted molar refractivity (Wildman–Crippen MR) is 262 cm³/mol. The van der Waals surface area contributed by atoms with Gasteiger partial charge in [0, 0.05) is 27.2 Å². The molecule has 9 aromatic carbocycles. The van der Waals surface area contributed by atoms with Gasteiger partial charge in [0.1, 0.15) is 5.82 Å². The Morgan fingerprint density at radius 3 is 1.33 bits per heavy atom. The lowest BCUT2D eigenvalue weighted by atomic mass is 9.44. The van der Waals surface area contributed by atoms with Crippen molar-refractivity contribution < 1.29 is 0 Å². The number of nitrogens with zero attached hydrogens (tertiary/aromatic N) is 3. The van der Waals surface area contributed by atoms with E-state index in [2.05, 4.69) is 246 Å². The lowest BCUT2D eigenvalue weighted by Gasteiger charge is -2.56. The molecular weight excluding hydrogens is 775 g/mol. The van der Waals surface area contributed by atoms with Gasteiger partial charge in [-0.05, 0) is 105 Å². The highest BCUT2D eigenvalue weighted by molar-refractivity contribution is 6.10. The average molecular weight is 814 g/mol. The van der Waals surface area contributed by atoms with Crippen molar-refractivity contribution in [2.75, 3.05) is 0 Å². The third-order valence-corrected chi connectivity index (χ3v) is 14.5. The monoisotopic (exact) mass is 813 g/mol. The Labute approximate surface area is 370 Å². The van der Waals surface area contributed by atoms with Crippen LogP contribution in [0, 0.1) is 0 Å². The zero-order valence-corrected chi connectivity index (χ0v) is 34.9. The van der Waals surface area contributed by atoms with Crippen LogP contribution in [-0.4, -0.2) is 14.1 Å². The predicted octanol–water partition coefficient (Wildman–Crippen LogP) is 14.3. The maximum absolute atomic E-state index is 5.83. The molecule has 2 bridgehead atoms. The van der Waals surface area contributed by atoms with E-state index in [0.29, 0.717) is 0 Å². The Hall–Kier alpha value is -8.27. The average Bonchev–Trinajstić information content (AvgIpc) is 3.89. The molecule has 0 amide bonds. The number of aromatic nitrogens is 3. The second-order valence-corrected chi connectivity index (χ2v) is 17.4. The Kier molecular flexibility index (Phi) is 7.25. The zero-order valence-electron chi connectivity index (χ0n) is 34.9. The fraction of sp³-hybridized carbons (Fsp3) is 0.0328. The molecule has 3 aromatic heterocycles. The molecule has 3 aliphatic carbocycles. The number of hydrogen-bond donors (Lipinski definition) is 0. The molecule has 0 fully saturated rings. The molecule has 15 rings (SSSR count). The van der Waals surface area contributed by atoms with E-state index in [1.54, 1.807) is 0 Å². The molecule has 298 valence electrons. The van der Waals surface area contributed by atoms with Crippen LogP contribution in [0.25, 0.3) is 66.2 Å². The summed E-state index contributed by atoms with van der Waals surface area (Å²) in [6.07, 6.45) is 0. The summed E-state index contributed by atoms with van der Waals surface area (Å²) in [4.78, 5) is 5.83. The number of benzene rings is 9. The van der Waals surface area contributed by atoms with Gasteiger partial charge in [-0.1, -0.05) is 182 Å². The fourth-order valence-electron chi connectivity index (χ4n) is 12.0. The standard InChI is InChI=1S/C61H39N3/c1-2-19-42(20-3-1)60-48-26-8-10-28-50(48)61(51-29-11-9-27-49(51)60,58-34-17-35-59(62-58)64-56-32-14-6-24-46(56)47-25-7-15-33-57(47)64)52-37-36-41(39-53(52)60)40-18-16-21-43(38-40)63-54-30-12-4-22-44(54)45-23-5-13-31-55(45)63/h1-39H. The van der Waals surface area contributed by atoms with Crippen molar-refractivity contribution in [1.29, 1.82) is 0 Å². The maximum atomic E-state index is 5.83. The molecule has 64 heavy (non-hydrogen) atoms. The molecule has 0 aliphatic heterocycles. The highest BCUT2D eigenvalue weighted by Gasteiger charge is 2.60. The number of pyridine rings is 1. The van der Waals surface area contributed by atoms with E-state index in [1.165, 1.54) is 82.6 Å². The molecular formula is C61H39N3. The van der Waals surface area contributed by atoms with Gasteiger partial charge >= 0.3 is 0 Å². The van der Waals surface area contributed by atoms with Gasteiger partial charge in [-0.3, -0.25) is 4.57 Å². The molecule has 0 unspecified atom stereocenters. The molecule has 0 atom stereocenters. The van der Waals surface area contributed by atoms with Crippen LogP contribution in [0.3, 0.4) is 0 Å². The molecule has 0 N–H and O–H groups in total. The van der Waals surface area contributed by atoms with Crippen LogP contribution in [-0.2, 0) is 10.8 Å². The Morgan fingerprint density at radius 2 is 0.750 bits per heavy atom. The molecule has 0 saturated heterocycles. The van der Waals surface area contributed by atoms with E-state index in [4.69, 9.17) is 4.98 Å². The fourth-order valence-corrected chi connectivity index (χ4v) is 12.0. The van der Waals surface area contributed by atoms with Crippen LogP contribution in [0.15, 0.2) is 237 Å². The van der Waals surface area contributed by atoms with Crippen molar-refractivity contribution in [3.63, 3.8) is 0 Å². The number of hydrogen-bond acceptors (Lipinski definition) is 1. The summed E-state index contributed by atoms with van der Waals surface area (Å²) in [5, 5.41) is 4.97. The maximum Gasteiger partial charge on any atom is 0.137 e. The Morgan fingerprint density at radius 1 is 0.297 bits per heavy atom. The highest BCUT2D eigenvalue weighted by atomic mass is 15.1. The lowest BCUT2D eigenvalue weighted by molar-refractivity contribution is 0.547. The third kappa shape index (κ3) is 4.47. The van der Waals surface area contributed by atoms with Gasteiger partial charge in [-0.15, -0.1) is 0 Å². The SMILES string of the molecule is c1ccc(C23c4ccccc4C(c4cccc(-n5c6ccccc6c6ccccc65)n4)(c4ccccc42)c2ccc(-c4cccc(-n5c6ccccc6c6ccccc65)c4)cc23)cc1. The summed E-state index contributed by atoms with van der Waals surface area (Å²) in [6, 6.07) is 87.5. The van der Waals surface area contributed by atoms with Crippen molar-refractivity contribution in [2.45, 2.75) is 10.8 Å². The second-order valence-electron chi connectivity index (χ2n) is 17.4. The van der Waals surface area contributed by atoms with Gasteiger partial charge in [-0.2, -0.15) is 0 Å². The minimum absolute atomic E-state index is 0.573. The smallest absolute Gasteiger partial charge is 0.137 e. The van der Waals surface area contributed by atoms with Crippen LogP contribution < -0.4 is 0 Å². The van der Waals surface area contributed by atoms with Gasteiger partial charge < -0.3 is 4.57 Å². The largest absolute Gasteiger partial charge is 0.309 e. The Bertz CT molecular complexity index is 3710. The molecule has 3 heteroatoms. The first-order valence-corrected chi connectivity index (χ1v) is 22.2. The van der Waals surface area contributed by atoms with Crippen LogP contribution in [0.5, 0.6) is 0 Å². The van der Waals surface area contributed by atoms with E-state index in [-0.39, 0.29) is 0 Å². The van der Waals surface area contributed by atoms with E-state index in [1.807, 2.05) is 0 Å². The van der Waals surface area contributed by atoms with E-state index < -0.39 is 10.8 Å². The first-order chi connectivity index (χ1) is 31.8. The van der Waals surface area contributed by atoms with E-state index >= 15 is 0 Å². The summed E-state index contributed by atoms with van der Waals surface area (Å²) in [7, 11) is 0.